The lowest BCUT2D eigenvalue weighted by atomic mass is 9.99. The summed E-state index contributed by atoms with van der Waals surface area (Å²) in [5.41, 5.74) is 5.00. The minimum atomic E-state index is -0.147. The molecule has 0 amide bonds. The van der Waals surface area contributed by atoms with Crippen LogP contribution in [0.5, 0.6) is 0 Å². The molecular weight excluding hydrogens is 415 g/mol. The fourth-order valence-electron chi connectivity index (χ4n) is 3.71. The highest BCUT2D eigenvalue weighted by Crippen LogP contribution is 2.24. The summed E-state index contributed by atoms with van der Waals surface area (Å²) in [5.74, 6) is 6.26. The molecule has 4 aromatic rings. The number of hydrogen-bond acceptors (Lipinski definition) is 0. The van der Waals surface area contributed by atoms with Crippen LogP contribution in [0.2, 0.25) is 5.02 Å². The Bertz CT molecular complexity index is 1290. The Morgan fingerprint density at radius 1 is 0.750 bits per heavy atom. The van der Waals surface area contributed by atoms with Gasteiger partial charge in [0.05, 0.1) is 0 Å². The zero-order valence-electron chi connectivity index (χ0n) is 17.9. The van der Waals surface area contributed by atoms with Crippen LogP contribution in [-0.4, -0.2) is 0 Å². The average molecular weight is 439 g/mol. The highest BCUT2D eigenvalue weighted by molar-refractivity contribution is 6.30. The van der Waals surface area contributed by atoms with Gasteiger partial charge in [-0.3, -0.25) is 0 Å². The van der Waals surface area contributed by atoms with Crippen molar-refractivity contribution in [3.8, 4) is 11.8 Å². The molecule has 0 aromatic heterocycles. The van der Waals surface area contributed by atoms with Crippen molar-refractivity contribution in [3.63, 3.8) is 0 Å². The van der Waals surface area contributed by atoms with Crippen molar-refractivity contribution in [2.45, 2.75) is 25.7 Å². The van der Waals surface area contributed by atoms with Crippen molar-refractivity contribution >= 4 is 22.4 Å². The van der Waals surface area contributed by atoms with Crippen LogP contribution in [0, 0.1) is 17.7 Å². The Kier molecular flexibility index (Phi) is 7.05. The van der Waals surface area contributed by atoms with E-state index in [-0.39, 0.29) is 5.82 Å². The van der Waals surface area contributed by atoms with E-state index in [9.17, 15) is 0 Å². The molecule has 0 N–H and O–H groups in total. The van der Waals surface area contributed by atoms with Crippen LogP contribution in [0.15, 0.2) is 91.5 Å². The number of hydrogen-bond donors (Lipinski definition) is 0. The lowest BCUT2D eigenvalue weighted by molar-refractivity contribution is 0.620. The number of allylic oxidation sites excluding steroid dienone is 1. The monoisotopic (exact) mass is 438 g/mol. The molecule has 158 valence electrons. The normalized spacial score (nSPS) is 10.6. The maximum Gasteiger partial charge on any atom is 0.134 e. The van der Waals surface area contributed by atoms with E-state index >= 15 is 4.39 Å². The second-order valence-electron chi connectivity index (χ2n) is 7.88. The third-order valence-electron chi connectivity index (χ3n) is 5.57. The van der Waals surface area contributed by atoms with Gasteiger partial charge in [0.2, 0.25) is 0 Å². The molecular formula is C30H24ClF. The Hall–Kier alpha value is -3.34. The Morgan fingerprint density at radius 3 is 2.16 bits per heavy atom. The van der Waals surface area contributed by atoms with Gasteiger partial charge in [-0.2, -0.15) is 0 Å². The SMILES string of the molecule is C=CCCc1ccc(C#Cc2ccc3c(F)c(CCc4ccc(Cl)cc4)ccc3c2)cc1. The molecule has 0 spiro atoms. The summed E-state index contributed by atoms with van der Waals surface area (Å²) in [5, 5.41) is 2.21. The van der Waals surface area contributed by atoms with Crippen molar-refractivity contribution in [1.82, 2.24) is 0 Å². The molecule has 2 heteroatoms. The maximum atomic E-state index is 15.1. The molecule has 0 unspecified atom stereocenters. The van der Waals surface area contributed by atoms with Crippen LogP contribution in [0.25, 0.3) is 10.8 Å². The van der Waals surface area contributed by atoms with E-state index in [1.165, 1.54) is 5.56 Å². The number of rotatable bonds is 6. The molecule has 0 nitrogen and oxygen atoms in total. The van der Waals surface area contributed by atoms with Gasteiger partial charge in [0.15, 0.2) is 0 Å². The summed E-state index contributed by atoms with van der Waals surface area (Å²) in [4.78, 5) is 0. The van der Waals surface area contributed by atoms with Crippen molar-refractivity contribution < 1.29 is 4.39 Å². The number of aryl methyl sites for hydroxylation is 3. The zero-order valence-corrected chi connectivity index (χ0v) is 18.6. The molecule has 4 aromatic carbocycles. The minimum Gasteiger partial charge on any atom is -0.206 e. The van der Waals surface area contributed by atoms with Crippen molar-refractivity contribution in [2.75, 3.05) is 0 Å². The summed E-state index contributed by atoms with van der Waals surface area (Å²) in [6, 6.07) is 25.5. The molecule has 32 heavy (non-hydrogen) atoms. The van der Waals surface area contributed by atoms with Gasteiger partial charge in [0, 0.05) is 21.5 Å². The van der Waals surface area contributed by atoms with Crippen LogP contribution < -0.4 is 0 Å². The predicted octanol–water partition coefficient (Wildman–Crippen LogP) is 7.94. The smallest absolute Gasteiger partial charge is 0.134 e. The van der Waals surface area contributed by atoms with Gasteiger partial charge < -0.3 is 0 Å². The third-order valence-corrected chi connectivity index (χ3v) is 5.82. The summed E-state index contributed by atoms with van der Waals surface area (Å²) < 4.78 is 15.1. The second kappa shape index (κ2) is 10.3. The summed E-state index contributed by atoms with van der Waals surface area (Å²) in [6.07, 6.45) is 5.32. The van der Waals surface area contributed by atoms with Crippen LogP contribution >= 0.6 is 11.6 Å². The number of fused-ring (bicyclic) bond motifs is 1. The first-order valence-corrected chi connectivity index (χ1v) is 11.2. The number of halogens is 2. The minimum absolute atomic E-state index is 0.147. The van der Waals surface area contributed by atoms with Gasteiger partial charge >= 0.3 is 0 Å². The Balaban J connectivity index is 1.49. The van der Waals surface area contributed by atoms with E-state index in [1.807, 2.05) is 72.8 Å². The highest BCUT2D eigenvalue weighted by atomic mass is 35.5. The van der Waals surface area contributed by atoms with Crippen LogP contribution in [-0.2, 0) is 19.3 Å². The van der Waals surface area contributed by atoms with Gasteiger partial charge in [-0.15, -0.1) is 6.58 Å². The lowest BCUT2D eigenvalue weighted by Crippen LogP contribution is -1.96. The van der Waals surface area contributed by atoms with E-state index in [4.69, 9.17) is 11.6 Å². The van der Waals surface area contributed by atoms with Crippen LogP contribution in [0.4, 0.5) is 4.39 Å². The molecule has 0 aliphatic rings. The first-order valence-electron chi connectivity index (χ1n) is 10.8. The van der Waals surface area contributed by atoms with Crippen LogP contribution in [0.1, 0.15) is 34.2 Å². The van der Waals surface area contributed by atoms with E-state index in [0.717, 1.165) is 46.9 Å². The lowest BCUT2D eigenvalue weighted by Gasteiger charge is -2.08. The molecule has 0 aliphatic carbocycles. The molecule has 4 rings (SSSR count). The molecule has 0 aliphatic heterocycles. The quantitative estimate of drug-likeness (QED) is 0.212. The molecule has 0 saturated carbocycles. The van der Waals surface area contributed by atoms with E-state index in [2.05, 4.69) is 30.6 Å². The van der Waals surface area contributed by atoms with E-state index < -0.39 is 0 Å². The second-order valence-corrected chi connectivity index (χ2v) is 8.31. The standard InChI is InChI=1S/C30H24ClF/c1-2-3-4-22-5-7-23(8-6-22)9-10-25-14-20-29-27(21-25)17-16-26(30(29)32)15-11-24-12-18-28(31)19-13-24/h2,5-8,12-14,16-21H,1,3-4,11,15H2. The topological polar surface area (TPSA) is 0 Å². The molecule has 0 bridgehead atoms. The molecule has 0 radical (unpaired) electrons. The van der Waals surface area contributed by atoms with Gasteiger partial charge in [-0.25, -0.2) is 4.39 Å². The average Bonchev–Trinajstić information content (AvgIpc) is 2.82. The fraction of sp³-hybridized carbons (Fsp3) is 0.133. The summed E-state index contributed by atoms with van der Waals surface area (Å²) in [6.45, 7) is 3.76. The van der Waals surface area contributed by atoms with Gasteiger partial charge in [-0.05, 0) is 84.2 Å². The molecule has 0 heterocycles. The molecule has 0 atom stereocenters. The largest absolute Gasteiger partial charge is 0.206 e. The van der Waals surface area contributed by atoms with Crippen molar-refractivity contribution in [3.05, 3.63) is 130 Å². The van der Waals surface area contributed by atoms with Gasteiger partial charge in [0.25, 0.3) is 0 Å². The van der Waals surface area contributed by atoms with E-state index in [0.29, 0.717) is 16.8 Å². The van der Waals surface area contributed by atoms with Crippen molar-refractivity contribution in [2.24, 2.45) is 0 Å². The molecule has 0 fully saturated rings. The zero-order chi connectivity index (χ0) is 22.3. The van der Waals surface area contributed by atoms with Crippen LogP contribution in [0.3, 0.4) is 0 Å². The third kappa shape index (κ3) is 5.47. The first-order chi connectivity index (χ1) is 15.6. The molecule has 0 saturated heterocycles. The fourth-order valence-corrected chi connectivity index (χ4v) is 3.83. The first kappa shape index (κ1) is 21.9. The van der Waals surface area contributed by atoms with Crippen molar-refractivity contribution in [1.29, 1.82) is 0 Å². The van der Waals surface area contributed by atoms with Gasteiger partial charge in [-0.1, -0.05) is 72.0 Å². The maximum absolute atomic E-state index is 15.1. The summed E-state index contributed by atoms with van der Waals surface area (Å²) in [7, 11) is 0. The Morgan fingerprint density at radius 2 is 1.41 bits per heavy atom. The Labute approximate surface area is 194 Å². The summed E-state index contributed by atoms with van der Waals surface area (Å²) >= 11 is 5.94. The predicted molar refractivity (Wildman–Crippen MR) is 134 cm³/mol. The van der Waals surface area contributed by atoms with E-state index in [1.54, 1.807) is 0 Å². The van der Waals surface area contributed by atoms with Gasteiger partial charge in [0.1, 0.15) is 5.82 Å². The highest BCUT2D eigenvalue weighted by Gasteiger charge is 2.08. The number of benzene rings is 4.